The number of guanidine groups is 1. The molecule has 1 saturated heterocycles. The van der Waals surface area contributed by atoms with Gasteiger partial charge in [0.1, 0.15) is 5.01 Å². The highest BCUT2D eigenvalue weighted by Gasteiger charge is 2.34. The summed E-state index contributed by atoms with van der Waals surface area (Å²) in [5.41, 5.74) is 2.12. The third kappa shape index (κ3) is 6.13. The molecule has 2 aromatic rings. The van der Waals surface area contributed by atoms with Crippen LogP contribution in [0.15, 0.2) is 40.7 Å². The van der Waals surface area contributed by atoms with Crippen LogP contribution in [0.2, 0.25) is 0 Å². The number of aliphatic hydroxyl groups excluding tert-OH is 1. The van der Waals surface area contributed by atoms with Crippen LogP contribution in [0.25, 0.3) is 10.6 Å². The lowest BCUT2D eigenvalue weighted by atomic mass is 9.84. The Morgan fingerprint density at radius 2 is 2.15 bits per heavy atom. The second-order valence-corrected chi connectivity index (χ2v) is 7.42. The number of aromatic nitrogens is 1. The number of hydrogen-bond acceptors (Lipinski definition) is 5. The molecule has 0 radical (unpaired) electrons. The maximum absolute atomic E-state index is 9.33. The number of nitrogens with one attached hydrogen (secondary N) is 2. The Labute approximate surface area is 181 Å². The van der Waals surface area contributed by atoms with E-state index in [1.165, 1.54) is 0 Å². The average molecular weight is 502 g/mol. The largest absolute Gasteiger partial charge is 0.396 e. The van der Waals surface area contributed by atoms with E-state index in [1.807, 2.05) is 18.2 Å². The molecule has 1 aliphatic heterocycles. The molecule has 6 nitrogen and oxygen atoms in total. The van der Waals surface area contributed by atoms with Crippen LogP contribution in [-0.2, 0) is 11.3 Å². The van der Waals surface area contributed by atoms with E-state index >= 15 is 0 Å². The van der Waals surface area contributed by atoms with Crippen molar-refractivity contribution in [1.82, 2.24) is 15.6 Å². The fourth-order valence-corrected chi connectivity index (χ4v) is 3.91. The lowest BCUT2D eigenvalue weighted by Gasteiger charge is -2.27. The van der Waals surface area contributed by atoms with Gasteiger partial charge in [0.05, 0.1) is 18.8 Å². The first-order chi connectivity index (χ1) is 12.7. The SMILES string of the molecule is CN=C(NCc1csc(-c2ccccc2)n1)NCC1(CCO)CCOC1.I. The maximum Gasteiger partial charge on any atom is 0.191 e. The number of ether oxygens (including phenoxy) is 1. The molecule has 1 unspecified atom stereocenters. The molecule has 1 aromatic heterocycles. The molecule has 1 fully saturated rings. The Hall–Kier alpha value is -1.23. The highest BCUT2D eigenvalue weighted by Crippen LogP contribution is 2.31. The van der Waals surface area contributed by atoms with Gasteiger partial charge in [-0.3, -0.25) is 4.99 Å². The van der Waals surface area contributed by atoms with Gasteiger partial charge in [-0.05, 0) is 12.8 Å². The smallest absolute Gasteiger partial charge is 0.191 e. The number of rotatable bonds is 7. The zero-order valence-electron chi connectivity index (χ0n) is 15.5. The van der Waals surface area contributed by atoms with Gasteiger partial charge in [-0.15, -0.1) is 35.3 Å². The topological polar surface area (TPSA) is 78.8 Å². The van der Waals surface area contributed by atoms with Crippen LogP contribution >= 0.6 is 35.3 Å². The number of thiazole rings is 1. The summed E-state index contributed by atoms with van der Waals surface area (Å²) in [6.07, 6.45) is 1.70. The van der Waals surface area contributed by atoms with Gasteiger partial charge in [0.25, 0.3) is 0 Å². The van der Waals surface area contributed by atoms with Gasteiger partial charge < -0.3 is 20.5 Å². The fraction of sp³-hybridized carbons (Fsp3) is 0.474. The molecule has 1 atom stereocenters. The fourth-order valence-electron chi connectivity index (χ4n) is 3.08. The van der Waals surface area contributed by atoms with E-state index in [2.05, 4.69) is 38.1 Å². The average Bonchev–Trinajstić information content (AvgIpc) is 3.33. The standard InChI is InChI=1S/C19H26N4O2S.HI/c1-20-18(22-13-19(7-9-24)8-10-25-14-19)21-11-16-12-26-17(23-16)15-5-3-2-4-6-15;/h2-6,12,24H,7-11,13-14H2,1H3,(H2,20,21,22);1H. The van der Waals surface area contributed by atoms with Crippen molar-refractivity contribution in [2.24, 2.45) is 10.4 Å². The van der Waals surface area contributed by atoms with Gasteiger partial charge in [0, 0.05) is 43.2 Å². The number of aliphatic hydroxyl groups is 1. The second kappa shape index (κ2) is 10.9. The molecule has 1 aromatic carbocycles. The number of benzene rings is 1. The highest BCUT2D eigenvalue weighted by molar-refractivity contribution is 14.0. The molecule has 3 N–H and O–H groups in total. The summed E-state index contributed by atoms with van der Waals surface area (Å²) in [4.78, 5) is 8.97. The summed E-state index contributed by atoms with van der Waals surface area (Å²) in [5, 5.41) is 19.1. The molecule has 3 rings (SSSR count). The van der Waals surface area contributed by atoms with Crippen molar-refractivity contribution < 1.29 is 9.84 Å². The first-order valence-electron chi connectivity index (χ1n) is 8.88. The molecule has 0 saturated carbocycles. The summed E-state index contributed by atoms with van der Waals surface area (Å²) in [6.45, 7) is 2.98. The van der Waals surface area contributed by atoms with E-state index in [1.54, 1.807) is 18.4 Å². The maximum atomic E-state index is 9.33. The monoisotopic (exact) mass is 502 g/mol. The zero-order valence-corrected chi connectivity index (χ0v) is 18.6. The summed E-state index contributed by atoms with van der Waals surface area (Å²) in [6, 6.07) is 10.2. The lowest BCUT2D eigenvalue weighted by molar-refractivity contribution is 0.127. The Kier molecular flexibility index (Phi) is 8.94. The van der Waals surface area contributed by atoms with Crippen LogP contribution in [0.4, 0.5) is 0 Å². The van der Waals surface area contributed by atoms with E-state index in [0.29, 0.717) is 13.2 Å². The zero-order chi connectivity index (χ0) is 18.2. The third-order valence-corrected chi connectivity index (χ3v) is 5.63. The minimum Gasteiger partial charge on any atom is -0.396 e. The van der Waals surface area contributed by atoms with Crippen molar-refractivity contribution in [3.63, 3.8) is 0 Å². The van der Waals surface area contributed by atoms with E-state index in [4.69, 9.17) is 4.74 Å². The minimum absolute atomic E-state index is 0. The molecule has 2 heterocycles. The molecule has 0 spiro atoms. The minimum atomic E-state index is -0.00647. The van der Waals surface area contributed by atoms with Crippen LogP contribution in [-0.4, -0.2) is 49.5 Å². The number of hydrogen-bond donors (Lipinski definition) is 3. The van der Waals surface area contributed by atoms with Gasteiger partial charge in [0.15, 0.2) is 5.96 Å². The van der Waals surface area contributed by atoms with Crippen molar-refractivity contribution in [3.8, 4) is 10.6 Å². The van der Waals surface area contributed by atoms with Crippen molar-refractivity contribution in [3.05, 3.63) is 41.4 Å². The summed E-state index contributed by atoms with van der Waals surface area (Å²) in [5.74, 6) is 0.739. The van der Waals surface area contributed by atoms with Crippen LogP contribution in [0.3, 0.4) is 0 Å². The van der Waals surface area contributed by atoms with Crippen LogP contribution in [0.5, 0.6) is 0 Å². The second-order valence-electron chi connectivity index (χ2n) is 6.57. The summed E-state index contributed by atoms with van der Waals surface area (Å²) in [7, 11) is 1.76. The quantitative estimate of drug-likeness (QED) is 0.309. The van der Waals surface area contributed by atoms with E-state index in [-0.39, 0.29) is 36.0 Å². The van der Waals surface area contributed by atoms with Crippen molar-refractivity contribution >= 4 is 41.3 Å². The number of aliphatic imine (C=N–C) groups is 1. The van der Waals surface area contributed by atoms with Crippen LogP contribution in [0, 0.1) is 5.41 Å². The Morgan fingerprint density at radius 1 is 1.33 bits per heavy atom. The van der Waals surface area contributed by atoms with Crippen molar-refractivity contribution in [2.75, 3.05) is 33.4 Å². The van der Waals surface area contributed by atoms with Gasteiger partial charge in [-0.2, -0.15) is 0 Å². The molecular formula is C19H27IN4O2S. The predicted octanol–water partition coefficient (Wildman–Crippen LogP) is 2.88. The van der Waals surface area contributed by atoms with Crippen LogP contribution in [0.1, 0.15) is 18.5 Å². The Balaban J connectivity index is 0.00000261. The Morgan fingerprint density at radius 3 is 2.81 bits per heavy atom. The summed E-state index contributed by atoms with van der Waals surface area (Å²) >= 11 is 1.65. The highest BCUT2D eigenvalue weighted by atomic mass is 127. The van der Waals surface area contributed by atoms with Crippen molar-refractivity contribution in [1.29, 1.82) is 0 Å². The third-order valence-electron chi connectivity index (χ3n) is 4.69. The Bertz CT molecular complexity index is 718. The number of nitrogens with zero attached hydrogens (tertiary/aromatic N) is 2. The van der Waals surface area contributed by atoms with Gasteiger partial charge in [-0.25, -0.2) is 4.98 Å². The van der Waals surface area contributed by atoms with Gasteiger partial charge in [0.2, 0.25) is 0 Å². The molecular weight excluding hydrogens is 475 g/mol. The van der Waals surface area contributed by atoms with E-state index in [0.717, 1.165) is 48.2 Å². The van der Waals surface area contributed by atoms with Gasteiger partial charge in [-0.1, -0.05) is 30.3 Å². The first kappa shape index (κ1) is 22.1. The molecule has 0 amide bonds. The molecule has 27 heavy (non-hydrogen) atoms. The lowest BCUT2D eigenvalue weighted by Crippen LogP contribution is -2.44. The van der Waals surface area contributed by atoms with E-state index < -0.39 is 0 Å². The molecule has 0 aliphatic carbocycles. The molecule has 148 valence electrons. The molecule has 0 bridgehead atoms. The summed E-state index contributed by atoms with van der Waals surface area (Å²) < 4.78 is 5.53. The van der Waals surface area contributed by atoms with Gasteiger partial charge >= 0.3 is 0 Å². The number of halogens is 1. The molecule has 1 aliphatic rings. The molecule has 8 heteroatoms. The van der Waals surface area contributed by atoms with Crippen LogP contribution < -0.4 is 10.6 Å². The first-order valence-corrected chi connectivity index (χ1v) is 9.76. The van der Waals surface area contributed by atoms with E-state index in [9.17, 15) is 5.11 Å². The normalized spacial score (nSPS) is 19.6. The predicted molar refractivity (Wildman–Crippen MR) is 121 cm³/mol. The van der Waals surface area contributed by atoms with Crippen molar-refractivity contribution in [2.45, 2.75) is 19.4 Å².